The number of aromatic nitrogens is 2. The fourth-order valence-electron chi connectivity index (χ4n) is 21.2. The molecule has 0 fully saturated rings. The summed E-state index contributed by atoms with van der Waals surface area (Å²) in [6.07, 6.45) is 0. The van der Waals surface area contributed by atoms with Crippen LogP contribution in [0.15, 0.2) is 194 Å². The van der Waals surface area contributed by atoms with Crippen molar-refractivity contribution in [3.63, 3.8) is 0 Å². The third-order valence-electron chi connectivity index (χ3n) is 24.5. The maximum absolute atomic E-state index is 2.60. The van der Waals surface area contributed by atoms with E-state index in [1.54, 1.807) is 0 Å². The predicted molar refractivity (Wildman–Crippen MR) is 479 cm³/mol. The zero-order valence-electron chi connectivity index (χ0n) is 68.7. The van der Waals surface area contributed by atoms with Crippen LogP contribution in [0.25, 0.3) is 55.0 Å². The van der Waals surface area contributed by atoms with Crippen LogP contribution in [0.2, 0.25) is 0 Å². The van der Waals surface area contributed by atoms with E-state index in [1.165, 1.54) is 243 Å². The molecule has 0 aliphatic carbocycles. The Hall–Kier alpha value is -10.3. The van der Waals surface area contributed by atoms with Crippen LogP contribution in [0.5, 0.6) is 0 Å². The highest BCUT2D eigenvalue weighted by Crippen LogP contribution is 2.40. The molecule has 13 aromatic carbocycles. The van der Waals surface area contributed by atoms with E-state index in [-0.39, 0.29) is 26.9 Å². The lowest BCUT2D eigenvalue weighted by Crippen LogP contribution is -2.55. The maximum atomic E-state index is 2.60. The Morgan fingerprint density at radius 2 is 0.315 bits per heavy atom. The molecular weight excluding hydrogens is 1300 g/mol. The first kappa shape index (κ1) is 73.2. The van der Waals surface area contributed by atoms with Crippen LogP contribution < -0.4 is 65.6 Å². The summed E-state index contributed by atoms with van der Waals surface area (Å²) in [6.45, 7) is 55.1. The first-order chi connectivity index (χ1) is 51.4. The molecule has 0 amide bonds. The monoisotopic (exact) mass is 1400 g/mol. The zero-order chi connectivity index (χ0) is 76.6. The topological polar surface area (TPSA) is 9.86 Å². The molecule has 15 aromatic rings. The van der Waals surface area contributed by atoms with Crippen LogP contribution in [0.1, 0.15) is 134 Å². The number of rotatable bonds is 14. The Labute approximate surface area is 646 Å². The lowest BCUT2D eigenvalue weighted by Gasteiger charge is -2.25. The fraction of sp³-hybridized carbons (Fsp3) is 0.235. The minimum atomic E-state index is -0.0157. The molecule has 2 nitrogen and oxygen atoms in total. The van der Waals surface area contributed by atoms with Crippen LogP contribution in [0.3, 0.4) is 0 Å². The summed E-state index contributed by atoms with van der Waals surface area (Å²) in [7, 11) is 0. The minimum Gasteiger partial charge on any atom is -0.309 e. The van der Waals surface area contributed by atoms with Gasteiger partial charge in [-0.15, -0.1) is 0 Å². The molecule has 0 saturated heterocycles. The van der Waals surface area contributed by atoms with Gasteiger partial charge in [0.2, 0.25) is 26.9 Å². The van der Waals surface area contributed by atoms with E-state index >= 15 is 0 Å². The van der Waals surface area contributed by atoms with E-state index in [1.807, 2.05) is 0 Å². The van der Waals surface area contributed by atoms with E-state index in [9.17, 15) is 0 Å². The average molecular weight is 1400 g/mol. The SMILES string of the molecule is Cc1cc(C)c(B(c2ccc(-n3c4ccc(B(c5c(C)cc(C)cc5C)c5c(C)cc(C)cc5C)cc4c4cc5c(cc43)c3cc(B(c4c(C)cc(C)cc4C)c4c(C)cc(C)cc4C)ccc3n5-c3ccc(B(c4c(C)cc(C)cc4C)c4c(C)cc(C)cc4C)cc3)cc2)c2c(C)cc(C)cc2C)c(C)c1. The maximum Gasteiger partial charge on any atom is 0.242 e. The van der Waals surface area contributed by atoms with Crippen LogP contribution in [0.4, 0.5) is 0 Å². The van der Waals surface area contributed by atoms with Crippen molar-refractivity contribution >= 4 is 136 Å². The molecule has 6 heteroatoms. The summed E-state index contributed by atoms with van der Waals surface area (Å²) >= 11 is 0. The van der Waals surface area contributed by atoms with Gasteiger partial charge in [-0.3, -0.25) is 0 Å². The van der Waals surface area contributed by atoms with Crippen molar-refractivity contribution in [1.82, 2.24) is 9.13 Å². The van der Waals surface area contributed by atoms with Gasteiger partial charge in [0.05, 0.1) is 22.1 Å². The van der Waals surface area contributed by atoms with Crippen molar-refractivity contribution < 1.29 is 0 Å². The van der Waals surface area contributed by atoms with Gasteiger partial charge in [-0.05, 0) is 215 Å². The summed E-state index contributed by atoms with van der Waals surface area (Å²) in [5, 5.41) is 4.91. The number of hydrogen-bond acceptors (Lipinski definition) is 0. The van der Waals surface area contributed by atoms with Crippen molar-refractivity contribution in [2.24, 2.45) is 0 Å². The molecule has 0 bridgehead atoms. The second-order valence-corrected chi connectivity index (χ2v) is 33.5. The molecule has 2 heterocycles. The first-order valence-electron chi connectivity index (χ1n) is 39.3. The number of benzene rings is 13. The van der Waals surface area contributed by atoms with Gasteiger partial charge in [0.15, 0.2) is 0 Å². The Balaban J connectivity index is 1.05. The van der Waals surface area contributed by atoms with Gasteiger partial charge in [-0.1, -0.05) is 345 Å². The van der Waals surface area contributed by atoms with Gasteiger partial charge in [0.1, 0.15) is 0 Å². The predicted octanol–water partition coefficient (Wildman–Crippen LogP) is 17.3. The highest BCUT2D eigenvalue weighted by molar-refractivity contribution is 6.98. The van der Waals surface area contributed by atoms with Crippen molar-refractivity contribution in [2.75, 3.05) is 0 Å². The van der Waals surface area contributed by atoms with E-state index in [2.05, 4.69) is 369 Å². The minimum absolute atomic E-state index is 0.0157. The fourth-order valence-corrected chi connectivity index (χ4v) is 21.2. The van der Waals surface area contributed by atoms with Crippen molar-refractivity contribution in [2.45, 2.75) is 166 Å². The van der Waals surface area contributed by atoms with Gasteiger partial charge in [0, 0.05) is 32.9 Å². The smallest absolute Gasteiger partial charge is 0.242 e. The largest absolute Gasteiger partial charge is 0.309 e. The third-order valence-corrected chi connectivity index (χ3v) is 24.5. The van der Waals surface area contributed by atoms with Gasteiger partial charge in [-0.25, -0.2) is 0 Å². The molecule has 0 aliphatic rings. The van der Waals surface area contributed by atoms with Gasteiger partial charge < -0.3 is 9.13 Å². The first-order valence-corrected chi connectivity index (χ1v) is 39.3. The summed E-state index contributed by atoms with van der Waals surface area (Å²) in [4.78, 5) is 0. The van der Waals surface area contributed by atoms with E-state index < -0.39 is 0 Å². The lowest BCUT2D eigenvalue weighted by molar-refractivity contribution is 1.18. The summed E-state index contributed by atoms with van der Waals surface area (Å²) < 4.78 is 5.20. The number of fused-ring (bicyclic) bond motifs is 6. The molecule has 0 radical (unpaired) electrons. The molecule has 0 atom stereocenters. The molecule has 0 N–H and O–H groups in total. The second-order valence-electron chi connectivity index (χ2n) is 33.5. The number of aryl methyl sites for hydroxylation is 24. The molecule has 0 aliphatic heterocycles. The highest BCUT2D eigenvalue weighted by Gasteiger charge is 2.35. The van der Waals surface area contributed by atoms with Crippen LogP contribution in [-0.2, 0) is 0 Å². The molecule has 2 aromatic heterocycles. The molecule has 15 rings (SSSR count). The highest BCUT2D eigenvalue weighted by atomic mass is 15.0. The molecule has 534 valence electrons. The number of hydrogen-bond donors (Lipinski definition) is 0. The van der Waals surface area contributed by atoms with Crippen molar-refractivity contribution in [1.29, 1.82) is 0 Å². The van der Waals surface area contributed by atoms with E-state index in [0.29, 0.717) is 0 Å². The molecule has 108 heavy (non-hydrogen) atoms. The summed E-state index contributed by atoms with van der Waals surface area (Å²) in [6, 6.07) is 77.9. The molecule has 0 saturated carbocycles. The zero-order valence-corrected chi connectivity index (χ0v) is 68.7. The van der Waals surface area contributed by atoms with Gasteiger partial charge in [0.25, 0.3) is 0 Å². The van der Waals surface area contributed by atoms with Crippen molar-refractivity contribution in [3.05, 3.63) is 328 Å². The Bertz CT molecular complexity index is 5430. The van der Waals surface area contributed by atoms with E-state index in [4.69, 9.17) is 0 Å². The normalized spacial score (nSPS) is 11.7. The quantitative estimate of drug-likeness (QED) is 0.0961. The average Bonchev–Trinajstić information content (AvgIpc) is 1.55. The lowest BCUT2D eigenvalue weighted by atomic mass is 9.34. The van der Waals surface area contributed by atoms with Crippen molar-refractivity contribution in [3.8, 4) is 11.4 Å². The Kier molecular flexibility index (Phi) is 19.0. The van der Waals surface area contributed by atoms with Crippen LogP contribution in [-0.4, -0.2) is 36.0 Å². The van der Waals surface area contributed by atoms with Crippen LogP contribution >= 0.6 is 0 Å². The standard InChI is InChI=1S/C102H104B4N2/c1-57-37-65(9)95(66(10)38-57)103(96-67(11)39-58(2)40-68(96)12)81-25-31-85(32-26-81)107-91-35-29-83(105(99-73(17)45-61(5)46-74(99)18)100-75(19)47-62(6)48-76(100)20)53-87(91)89-56-94-90(55-93(89)107)88-54-84(106(101-77(21)49-63(7)50-78(101)22)102-79(23)51-64(8)52-80(102)24)30-36-92(88)108(94)86-33-27-82(28-34-86)104(97-69(13)41-59(3)42-70(97)14)98-71(15)43-60(4)44-72(98)16/h25-56H,1-24H3. The summed E-state index contributed by atoms with van der Waals surface area (Å²) in [5.74, 6) is 0. The Morgan fingerprint density at radius 1 is 0.157 bits per heavy atom. The molecule has 0 unspecified atom stereocenters. The Morgan fingerprint density at radius 3 is 0.500 bits per heavy atom. The second kappa shape index (κ2) is 28.1. The van der Waals surface area contributed by atoms with Crippen LogP contribution in [0, 0.1) is 166 Å². The van der Waals surface area contributed by atoms with Gasteiger partial charge >= 0.3 is 0 Å². The third kappa shape index (κ3) is 12.7. The molecular formula is C102H104B4N2. The van der Waals surface area contributed by atoms with Gasteiger partial charge in [-0.2, -0.15) is 0 Å². The summed E-state index contributed by atoms with van der Waals surface area (Å²) in [5.41, 5.74) is 54.8. The molecule has 0 spiro atoms. The van der Waals surface area contributed by atoms with E-state index in [0.717, 1.165) is 11.4 Å². The number of nitrogens with zero attached hydrogens (tertiary/aromatic N) is 2.